The van der Waals surface area contributed by atoms with Gasteiger partial charge >= 0.3 is 0 Å². The first-order valence-corrected chi connectivity index (χ1v) is 9.86. The Hall–Kier alpha value is -4.27. The zero-order valence-electron chi connectivity index (χ0n) is 17.7. The number of amides is 2. The van der Waals surface area contributed by atoms with Crippen LogP contribution in [0, 0.1) is 11.6 Å². The van der Waals surface area contributed by atoms with E-state index in [0.29, 0.717) is 22.6 Å². The summed E-state index contributed by atoms with van der Waals surface area (Å²) >= 11 is 0. The molecule has 0 aliphatic carbocycles. The van der Waals surface area contributed by atoms with E-state index >= 15 is 0 Å². The lowest BCUT2D eigenvalue weighted by molar-refractivity contribution is -0.120. The number of halogens is 2. The van der Waals surface area contributed by atoms with Crippen LogP contribution in [0.15, 0.2) is 71.8 Å². The van der Waals surface area contributed by atoms with Crippen LogP contribution in [0.3, 0.4) is 0 Å². The summed E-state index contributed by atoms with van der Waals surface area (Å²) in [7, 11) is 1.45. The summed E-state index contributed by atoms with van der Waals surface area (Å²) in [5, 5.41) is 6.52. The number of anilines is 1. The Bertz CT molecular complexity index is 1130. The molecular weight excluding hydrogens is 432 g/mol. The van der Waals surface area contributed by atoms with Crippen molar-refractivity contribution in [3.63, 3.8) is 0 Å². The van der Waals surface area contributed by atoms with Crippen LogP contribution in [0.25, 0.3) is 0 Å². The molecule has 0 saturated carbocycles. The Morgan fingerprint density at radius 3 is 2.27 bits per heavy atom. The van der Waals surface area contributed by atoms with E-state index in [1.54, 1.807) is 18.2 Å². The Morgan fingerprint density at radius 2 is 1.61 bits per heavy atom. The molecule has 0 aromatic heterocycles. The third kappa shape index (κ3) is 7.13. The SMILES string of the molecule is COc1cccc(/C=N/NC(=O)Cc2ccc(F)cc2)c1OCC(=O)Nc1ccc(F)cc1. The molecule has 0 saturated heterocycles. The lowest BCUT2D eigenvalue weighted by atomic mass is 10.1. The van der Waals surface area contributed by atoms with E-state index in [2.05, 4.69) is 15.8 Å². The van der Waals surface area contributed by atoms with Crippen LogP contribution in [0.5, 0.6) is 11.5 Å². The molecule has 0 spiro atoms. The van der Waals surface area contributed by atoms with Gasteiger partial charge in [0.25, 0.3) is 5.91 Å². The fraction of sp³-hybridized carbons (Fsp3) is 0.125. The van der Waals surface area contributed by atoms with Crippen molar-refractivity contribution in [2.45, 2.75) is 6.42 Å². The molecule has 0 radical (unpaired) electrons. The standard InChI is InChI=1S/C24H21F2N3O4/c1-32-21-4-2-3-17(14-27-29-22(30)13-16-5-7-18(25)8-6-16)24(21)33-15-23(31)28-20-11-9-19(26)10-12-20/h2-12,14H,13,15H2,1H3,(H,28,31)(H,29,30)/b27-14+. The van der Waals surface area contributed by atoms with Crippen molar-refractivity contribution in [2.24, 2.45) is 5.10 Å². The first-order chi connectivity index (χ1) is 15.9. The quantitative estimate of drug-likeness (QED) is 0.382. The highest BCUT2D eigenvalue weighted by Crippen LogP contribution is 2.30. The van der Waals surface area contributed by atoms with Gasteiger partial charge in [-0.2, -0.15) is 5.10 Å². The number of benzene rings is 3. The van der Waals surface area contributed by atoms with Crippen molar-refractivity contribution in [1.82, 2.24) is 5.43 Å². The zero-order valence-corrected chi connectivity index (χ0v) is 17.7. The molecule has 0 aliphatic heterocycles. The van der Waals surface area contributed by atoms with Crippen molar-refractivity contribution >= 4 is 23.7 Å². The minimum absolute atomic E-state index is 0.0304. The summed E-state index contributed by atoms with van der Waals surface area (Å²) in [6.45, 7) is -0.338. The summed E-state index contributed by atoms with van der Waals surface area (Å²) in [4.78, 5) is 24.2. The van der Waals surface area contributed by atoms with Crippen LogP contribution < -0.4 is 20.2 Å². The summed E-state index contributed by atoms with van der Waals surface area (Å²) in [5.41, 5.74) is 3.92. The molecule has 3 rings (SSSR count). The smallest absolute Gasteiger partial charge is 0.262 e. The van der Waals surface area contributed by atoms with E-state index in [-0.39, 0.29) is 30.5 Å². The highest BCUT2D eigenvalue weighted by atomic mass is 19.1. The number of carbonyl (C=O) groups excluding carboxylic acids is 2. The van der Waals surface area contributed by atoms with Crippen LogP contribution >= 0.6 is 0 Å². The van der Waals surface area contributed by atoms with E-state index in [0.717, 1.165) is 0 Å². The van der Waals surface area contributed by atoms with Gasteiger partial charge in [0.2, 0.25) is 5.91 Å². The van der Waals surface area contributed by atoms with Gasteiger partial charge in [-0.05, 0) is 54.1 Å². The first-order valence-electron chi connectivity index (χ1n) is 9.86. The molecule has 0 atom stereocenters. The predicted molar refractivity (Wildman–Crippen MR) is 119 cm³/mol. The number of hydrogen-bond donors (Lipinski definition) is 2. The average Bonchev–Trinajstić information content (AvgIpc) is 2.81. The number of carbonyl (C=O) groups is 2. The van der Waals surface area contributed by atoms with Gasteiger partial charge in [-0.25, -0.2) is 14.2 Å². The molecule has 170 valence electrons. The molecule has 0 unspecified atom stereocenters. The van der Waals surface area contributed by atoms with Crippen molar-refractivity contribution in [3.05, 3.63) is 89.5 Å². The van der Waals surface area contributed by atoms with Gasteiger partial charge in [0.05, 0.1) is 19.7 Å². The van der Waals surface area contributed by atoms with Gasteiger partial charge in [0.15, 0.2) is 18.1 Å². The van der Waals surface area contributed by atoms with Crippen molar-refractivity contribution in [3.8, 4) is 11.5 Å². The van der Waals surface area contributed by atoms with Crippen LogP contribution in [0.2, 0.25) is 0 Å². The molecule has 0 bridgehead atoms. The second-order valence-electron chi connectivity index (χ2n) is 6.82. The second kappa shape index (κ2) is 11.4. The molecule has 2 amide bonds. The van der Waals surface area contributed by atoms with Crippen molar-refractivity contribution in [2.75, 3.05) is 19.0 Å². The largest absolute Gasteiger partial charge is 0.493 e. The Balaban J connectivity index is 1.61. The fourth-order valence-electron chi connectivity index (χ4n) is 2.82. The predicted octanol–water partition coefficient (Wildman–Crippen LogP) is 3.68. The molecule has 33 heavy (non-hydrogen) atoms. The van der Waals surface area contributed by atoms with Gasteiger partial charge in [0, 0.05) is 11.3 Å². The zero-order chi connectivity index (χ0) is 23.6. The third-order valence-electron chi connectivity index (χ3n) is 4.38. The maximum atomic E-state index is 13.0. The fourth-order valence-corrected chi connectivity index (χ4v) is 2.82. The van der Waals surface area contributed by atoms with Gasteiger partial charge in [-0.1, -0.05) is 18.2 Å². The van der Waals surface area contributed by atoms with Gasteiger partial charge in [-0.3, -0.25) is 9.59 Å². The number of nitrogens with one attached hydrogen (secondary N) is 2. The Morgan fingerprint density at radius 1 is 0.939 bits per heavy atom. The number of para-hydroxylation sites is 1. The number of methoxy groups -OCH3 is 1. The summed E-state index contributed by atoms with van der Waals surface area (Å²) in [6.07, 6.45) is 1.39. The van der Waals surface area contributed by atoms with Crippen molar-refractivity contribution in [1.29, 1.82) is 0 Å². The van der Waals surface area contributed by atoms with Crippen LogP contribution in [0.1, 0.15) is 11.1 Å². The first kappa shape index (κ1) is 23.4. The number of nitrogens with zero attached hydrogens (tertiary/aromatic N) is 1. The molecule has 0 heterocycles. The second-order valence-corrected chi connectivity index (χ2v) is 6.82. The average molecular weight is 453 g/mol. The molecule has 0 aliphatic rings. The molecule has 0 fully saturated rings. The minimum atomic E-state index is -0.456. The maximum Gasteiger partial charge on any atom is 0.262 e. The van der Waals surface area contributed by atoms with Crippen LogP contribution in [-0.4, -0.2) is 31.7 Å². The number of rotatable bonds is 9. The topological polar surface area (TPSA) is 89.0 Å². The summed E-state index contributed by atoms with van der Waals surface area (Å²) in [5.74, 6) is -1.01. The van der Waals surface area contributed by atoms with Crippen molar-refractivity contribution < 1.29 is 27.8 Å². The summed E-state index contributed by atoms with van der Waals surface area (Å²) < 4.78 is 36.9. The van der Waals surface area contributed by atoms with Crippen LogP contribution in [0.4, 0.5) is 14.5 Å². The molecule has 3 aromatic carbocycles. The molecule has 9 heteroatoms. The lowest BCUT2D eigenvalue weighted by Gasteiger charge is -2.13. The van der Waals surface area contributed by atoms with Crippen LogP contribution in [-0.2, 0) is 16.0 Å². The van der Waals surface area contributed by atoms with Gasteiger partial charge in [0.1, 0.15) is 11.6 Å². The van der Waals surface area contributed by atoms with E-state index in [4.69, 9.17) is 9.47 Å². The Labute approximate surface area is 189 Å². The van der Waals surface area contributed by atoms with E-state index in [1.807, 2.05) is 0 Å². The highest BCUT2D eigenvalue weighted by molar-refractivity contribution is 5.92. The molecule has 2 N–H and O–H groups in total. The maximum absolute atomic E-state index is 13.0. The molecular formula is C24H21F2N3O4. The van der Waals surface area contributed by atoms with E-state index in [1.165, 1.54) is 61.9 Å². The van der Waals surface area contributed by atoms with E-state index < -0.39 is 11.7 Å². The molecule has 3 aromatic rings. The minimum Gasteiger partial charge on any atom is -0.493 e. The van der Waals surface area contributed by atoms with Gasteiger partial charge in [-0.15, -0.1) is 0 Å². The Kier molecular flexibility index (Phi) is 8.07. The highest BCUT2D eigenvalue weighted by Gasteiger charge is 2.12. The van der Waals surface area contributed by atoms with Gasteiger partial charge < -0.3 is 14.8 Å². The molecule has 7 nitrogen and oxygen atoms in total. The number of hydrazone groups is 1. The summed E-state index contributed by atoms with van der Waals surface area (Å²) in [6, 6.07) is 15.9. The number of hydrogen-bond acceptors (Lipinski definition) is 5. The number of ether oxygens (including phenoxy) is 2. The van der Waals surface area contributed by atoms with E-state index in [9.17, 15) is 18.4 Å². The lowest BCUT2D eigenvalue weighted by Crippen LogP contribution is -2.21. The monoisotopic (exact) mass is 453 g/mol. The normalized spacial score (nSPS) is 10.6. The third-order valence-corrected chi connectivity index (χ3v) is 4.38.